The first kappa shape index (κ1) is 15.4. The van der Waals surface area contributed by atoms with Crippen molar-refractivity contribution in [3.8, 4) is 0 Å². The van der Waals surface area contributed by atoms with Gasteiger partial charge in [-0.15, -0.1) is 0 Å². The fourth-order valence-corrected chi connectivity index (χ4v) is 1.20. The van der Waals surface area contributed by atoms with Crippen LogP contribution in [0.2, 0.25) is 0 Å². The van der Waals surface area contributed by atoms with Gasteiger partial charge in [-0.2, -0.15) is 0 Å². The number of amides is 2. The van der Waals surface area contributed by atoms with E-state index in [4.69, 9.17) is 10.5 Å². The normalized spacial score (nSPS) is 12.9. The molecule has 0 aromatic carbocycles. The monoisotopic (exact) mass is 246 g/mol. The molecule has 0 rings (SSSR count). The molecule has 0 aromatic rings. The zero-order valence-corrected chi connectivity index (χ0v) is 10.3. The molecule has 2 amide bonds. The SMILES string of the molecule is CCC(=O)OC(CC(=O)[O-])C[N+](C)(C)C(N)=O. The first-order valence-electron chi connectivity index (χ1n) is 5.21. The number of nitrogens with zero attached hydrogens (tertiary/aromatic N) is 1. The summed E-state index contributed by atoms with van der Waals surface area (Å²) in [5.41, 5.74) is 5.14. The number of urea groups is 1. The highest BCUT2D eigenvalue weighted by Crippen LogP contribution is 2.07. The lowest BCUT2D eigenvalue weighted by atomic mass is 10.2. The summed E-state index contributed by atoms with van der Waals surface area (Å²) >= 11 is 0. The second-order valence-electron chi connectivity index (χ2n) is 4.25. The van der Waals surface area contributed by atoms with Crippen LogP contribution >= 0.6 is 0 Å². The van der Waals surface area contributed by atoms with E-state index >= 15 is 0 Å². The smallest absolute Gasteiger partial charge is 0.413 e. The number of likely N-dealkylation sites (N-methyl/N-ethyl adjacent to an activating group) is 1. The van der Waals surface area contributed by atoms with Crippen LogP contribution in [0.4, 0.5) is 4.79 Å². The zero-order chi connectivity index (χ0) is 13.6. The highest BCUT2D eigenvalue weighted by molar-refractivity contribution is 5.70. The number of rotatable bonds is 6. The first-order chi connectivity index (χ1) is 7.69. The van der Waals surface area contributed by atoms with Gasteiger partial charge in [0.1, 0.15) is 6.54 Å². The third-order valence-electron chi connectivity index (χ3n) is 2.24. The molecule has 0 saturated carbocycles. The molecule has 0 spiro atoms. The van der Waals surface area contributed by atoms with Gasteiger partial charge in [0, 0.05) is 18.8 Å². The van der Waals surface area contributed by atoms with Crippen LogP contribution in [0.25, 0.3) is 0 Å². The number of carbonyl (C=O) groups excluding carboxylic acids is 3. The standard InChI is InChI=1S/C10H18N2O5/c1-4-9(15)17-7(5-8(13)14)6-12(2,3)10(11)16/h7H,4-6H2,1-3H3,(H2-,11,13,14,16). The van der Waals surface area contributed by atoms with Crippen LogP contribution in [-0.2, 0) is 14.3 Å². The number of esters is 1. The molecule has 7 heteroatoms. The number of hydrogen-bond donors (Lipinski definition) is 1. The van der Waals surface area contributed by atoms with Gasteiger partial charge in [-0.1, -0.05) is 6.92 Å². The van der Waals surface area contributed by atoms with E-state index in [0.29, 0.717) is 0 Å². The summed E-state index contributed by atoms with van der Waals surface area (Å²) in [5, 5.41) is 10.5. The molecular formula is C10H18N2O5. The van der Waals surface area contributed by atoms with Gasteiger partial charge < -0.3 is 20.4 Å². The second kappa shape index (κ2) is 6.19. The number of quaternary nitrogens is 1. The molecule has 0 saturated heterocycles. The Morgan fingerprint density at radius 2 is 1.88 bits per heavy atom. The summed E-state index contributed by atoms with van der Waals surface area (Å²) in [6, 6.07) is -0.638. The van der Waals surface area contributed by atoms with Gasteiger partial charge in [-0.25, -0.2) is 9.28 Å². The number of carbonyl (C=O) groups is 3. The average molecular weight is 246 g/mol. The van der Waals surface area contributed by atoms with Crippen molar-refractivity contribution in [1.29, 1.82) is 0 Å². The molecule has 0 aliphatic heterocycles. The second-order valence-corrected chi connectivity index (χ2v) is 4.25. The quantitative estimate of drug-likeness (QED) is 0.458. The van der Waals surface area contributed by atoms with Crippen LogP contribution in [0.5, 0.6) is 0 Å². The molecule has 0 bridgehead atoms. The highest BCUT2D eigenvalue weighted by Gasteiger charge is 2.30. The lowest BCUT2D eigenvalue weighted by molar-refractivity contribution is -0.811. The Labute approximate surface area is 99.7 Å². The molecule has 0 aliphatic carbocycles. The van der Waals surface area contributed by atoms with Gasteiger partial charge in [0.25, 0.3) is 0 Å². The number of nitrogens with two attached hydrogens (primary N) is 1. The van der Waals surface area contributed by atoms with Crippen LogP contribution in [0.3, 0.4) is 0 Å². The van der Waals surface area contributed by atoms with Crippen molar-refractivity contribution in [3.05, 3.63) is 0 Å². The van der Waals surface area contributed by atoms with E-state index in [-0.39, 0.29) is 17.4 Å². The van der Waals surface area contributed by atoms with Crippen molar-refractivity contribution in [3.63, 3.8) is 0 Å². The fourth-order valence-electron chi connectivity index (χ4n) is 1.20. The molecule has 0 heterocycles. The van der Waals surface area contributed by atoms with E-state index in [1.807, 2.05) is 0 Å². The Kier molecular flexibility index (Phi) is 5.60. The molecule has 0 aromatic heterocycles. The maximum absolute atomic E-state index is 11.1. The van der Waals surface area contributed by atoms with Gasteiger partial charge in [-0.05, 0) is 0 Å². The summed E-state index contributed by atoms with van der Waals surface area (Å²) in [5.74, 6) is -1.87. The molecule has 0 fully saturated rings. The number of hydrogen-bond acceptors (Lipinski definition) is 5. The molecular weight excluding hydrogens is 228 g/mol. The maximum atomic E-state index is 11.1. The summed E-state index contributed by atoms with van der Waals surface area (Å²) in [6.07, 6.45) is -1.25. The number of carboxylic acid groups (broad SMARTS) is 1. The minimum atomic E-state index is -1.34. The predicted octanol–water partition coefficient (Wildman–Crippen LogP) is -1.40. The minimum Gasteiger partial charge on any atom is -0.550 e. The summed E-state index contributed by atoms with van der Waals surface area (Å²) in [6.45, 7) is 1.58. The Morgan fingerprint density at radius 1 is 1.35 bits per heavy atom. The number of primary amides is 1. The van der Waals surface area contributed by atoms with E-state index in [0.717, 1.165) is 0 Å². The van der Waals surface area contributed by atoms with Crippen molar-refractivity contribution >= 4 is 18.0 Å². The predicted molar refractivity (Wildman–Crippen MR) is 56.4 cm³/mol. The Balaban J connectivity index is 4.64. The van der Waals surface area contributed by atoms with Crippen LogP contribution in [0.1, 0.15) is 19.8 Å². The largest absolute Gasteiger partial charge is 0.550 e. The lowest BCUT2D eigenvalue weighted by Crippen LogP contribution is -2.54. The van der Waals surface area contributed by atoms with Crippen molar-refractivity contribution in [2.24, 2.45) is 5.73 Å². The first-order valence-corrected chi connectivity index (χ1v) is 5.21. The van der Waals surface area contributed by atoms with Gasteiger partial charge in [0.2, 0.25) is 0 Å². The van der Waals surface area contributed by atoms with Gasteiger partial charge in [0.05, 0.1) is 14.1 Å². The van der Waals surface area contributed by atoms with Crippen LogP contribution in [-0.4, -0.2) is 49.2 Å². The summed E-state index contributed by atoms with van der Waals surface area (Å²) in [7, 11) is 3.01. The third-order valence-corrected chi connectivity index (χ3v) is 2.24. The molecule has 2 N–H and O–H groups in total. The summed E-state index contributed by atoms with van der Waals surface area (Å²) < 4.78 is 4.64. The molecule has 7 nitrogen and oxygen atoms in total. The molecule has 98 valence electrons. The van der Waals surface area contributed by atoms with E-state index in [2.05, 4.69) is 0 Å². The van der Waals surface area contributed by atoms with E-state index in [9.17, 15) is 19.5 Å². The highest BCUT2D eigenvalue weighted by atomic mass is 16.5. The summed E-state index contributed by atoms with van der Waals surface area (Å²) in [4.78, 5) is 32.7. The lowest BCUT2D eigenvalue weighted by Gasteiger charge is -2.29. The molecule has 1 unspecified atom stereocenters. The zero-order valence-electron chi connectivity index (χ0n) is 10.3. The van der Waals surface area contributed by atoms with Crippen molar-refractivity contribution in [1.82, 2.24) is 0 Å². The molecule has 0 aliphatic rings. The number of aliphatic carboxylic acids is 1. The van der Waals surface area contributed by atoms with Gasteiger partial charge >= 0.3 is 12.0 Å². The van der Waals surface area contributed by atoms with E-state index in [1.165, 1.54) is 14.1 Å². The average Bonchev–Trinajstić information content (AvgIpc) is 2.15. The van der Waals surface area contributed by atoms with E-state index < -0.39 is 30.5 Å². The minimum absolute atomic E-state index is 0.00491. The fraction of sp³-hybridized carbons (Fsp3) is 0.700. The Bertz CT molecular complexity index is 314. The molecule has 0 radical (unpaired) electrons. The van der Waals surface area contributed by atoms with Crippen molar-refractivity contribution in [2.75, 3.05) is 20.6 Å². The van der Waals surface area contributed by atoms with Crippen LogP contribution < -0.4 is 10.8 Å². The Hall–Kier alpha value is -1.63. The van der Waals surface area contributed by atoms with Crippen LogP contribution in [0.15, 0.2) is 0 Å². The van der Waals surface area contributed by atoms with Crippen molar-refractivity contribution in [2.45, 2.75) is 25.9 Å². The van der Waals surface area contributed by atoms with Gasteiger partial charge in [-0.3, -0.25) is 4.79 Å². The number of ether oxygens (including phenoxy) is 1. The third kappa shape index (κ3) is 5.86. The van der Waals surface area contributed by atoms with E-state index in [1.54, 1.807) is 6.92 Å². The van der Waals surface area contributed by atoms with Crippen LogP contribution in [0, 0.1) is 0 Å². The van der Waals surface area contributed by atoms with Crippen molar-refractivity contribution < 1.29 is 28.7 Å². The van der Waals surface area contributed by atoms with Gasteiger partial charge in [0.15, 0.2) is 6.10 Å². The number of carboxylic acids is 1. The Morgan fingerprint density at radius 3 is 2.24 bits per heavy atom. The maximum Gasteiger partial charge on any atom is 0.413 e. The topological polar surface area (TPSA) is 110 Å². The molecule has 17 heavy (non-hydrogen) atoms. The molecule has 1 atom stereocenters.